The molecule has 0 radical (unpaired) electrons. The Morgan fingerprint density at radius 2 is 0.333 bits per heavy atom. The molecular weight excluding hydrogens is 399 g/mol. The van der Waals surface area contributed by atoms with Gasteiger partial charge in [-0.15, -0.1) is 0 Å². The zero-order valence-corrected chi connectivity index (χ0v) is 14.4. The summed E-state index contributed by atoms with van der Waals surface area (Å²) < 4.78 is 87.0. The Bertz CT molecular complexity index is 1510. The van der Waals surface area contributed by atoms with E-state index in [-0.39, 0.29) is 86.9 Å². The van der Waals surface area contributed by atoms with Gasteiger partial charge >= 0.3 is 41.8 Å². The summed E-state index contributed by atoms with van der Waals surface area (Å²) in [6, 6.07) is 0. The number of hydrogen-bond acceptors (Lipinski definition) is 10. The first kappa shape index (κ1) is 30.0. The van der Waals surface area contributed by atoms with Crippen LogP contribution >= 0.6 is 0 Å². The van der Waals surface area contributed by atoms with Crippen molar-refractivity contribution in [2.45, 2.75) is 0 Å². The molecule has 0 bridgehead atoms. The zero-order valence-electron chi connectivity index (χ0n) is 6.58. The monoisotopic (exact) mass is 400 g/mol. The second-order valence-corrected chi connectivity index (χ2v) is 15.5. The van der Waals surface area contributed by atoms with Crippen LogP contribution in [-0.4, -0.2) is 0 Å². The second-order valence-electron chi connectivity index (χ2n) is 3.75. The Balaban J connectivity index is -0.0000000833. The standard InChI is InChI=1S/10O.5Ti. The van der Waals surface area contributed by atoms with E-state index < -0.39 is 8.58 Å². The molecule has 0 aliphatic carbocycles. The minimum atomic E-state index is -16.8. The molecule has 0 aromatic rings. The van der Waals surface area contributed by atoms with Gasteiger partial charge in [0, 0.05) is 86.9 Å². The SMILES string of the molecule is [O]=[Ti](=[O])(=[O])(=[O])(=[O])(=[O])(=[O])(=[O])(=[O])=[O].[Ti].[Ti].[Ti].[Ti]. The molecule has 0 unspecified atom stereocenters. The van der Waals surface area contributed by atoms with Crippen LogP contribution in [0.15, 0.2) is 0 Å². The van der Waals surface area contributed by atoms with Crippen LogP contribution in [0.4, 0.5) is 0 Å². The molecule has 0 amide bonds. The fourth-order valence-corrected chi connectivity index (χ4v) is 0. The van der Waals surface area contributed by atoms with Crippen molar-refractivity contribution in [3.63, 3.8) is 0 Å². The smallest absolute Gasteiger partial charge is 0 e. The van der Waals surface area contributed by atoms with Crippen LogP contribution in [0.5, 0.6) is 0 Å². The van der Waals surface area contributed by atoms with E-state index in [1.54, 1.807) is 0 Å². The van der Waals surface area contributed by atoms with Crippen LogP contribution in [0.1, 0.15) is 0 Å². The predicted octanol–water partition coefficient (Wildman–Crippen LogP) is -1.20. The minimum absolute atomic E-state index is 0. The molecule has 15 heavy (non-hydrogen) atoms. The van der Waals surface area contributed by atoms with Gasteiger partial charge in [0.25, 0.3) is 0 Å². The molecule has 0 saturated carbocycles. The van der Waals surface area contributed by atoms with Gasteiger partial charge in [0.2, 0.25) is 0 Å². The molecule has 0 heterocycles. The fraction of sp³-hybridized carbons (Fsp3) is 0. The normalized spacial score (nSPS) is 8.00. The van der Waals surface area contributed by atoms with Crippen molar-refractivity contribution in [1.29, 1.82) is 0 Å². The molecule has 15 heteroatoms. The average molecular weight is 399 g/mol. The van der Waals surface area contributed by atoms with Crippen LogP contribution in [0.25, 0.3) is 0 Å². The molecule has 0 rings (SSSR count). The molecule has 0 aromatic heterocycles. The van der Waals surface area contributed by atoms with Crippen molar-refractivity contribution in [3.05, 3.63) is 0 Å². The van der Waals surface area contributed by atoms with Crippen LogP contribution in [0, 0.1) is 0 Å². The Hall–Kier alpha value is 1.57. The van der Waals surface area contributed by atoms with E-state index in [2.05, 4.69) is 0 Å². The molecule has 0 atom stereocenters. The van der Waals surface area contributed by atoms with Crippen LogP contribution in [0.3, 0.4) is 0 Å². The summed E-state index contributed by atoms with van der Waals surface area (Å²) in [4.78, 5) is 0. The summed E-state index contributed by atoms with van der Waals surface area (Å²) in [6.45, 7) is 0. The molecule has 0 aliphatic heterocycles. The van der Waals surface area contributed by atoms with Crippen molar-refractivity contribution in [1.82, 2.24) is 0 Å². The molecule has 0 spiro atoms. The third-order valence-electron chi connectivity index (χ3n) is 0. The Morgan fingerprint density at radius 3 is 0.333 bits per heavy atom. The molecule has 0 aromatic carbocycles. The average Bonchev–Trinajstić information content (AvgIpc) is 0.439. The summed E-state index contributed by atoms with van der Waals surface area (Å²) in [5.74, 6) is 0. The first-order valence-electron chi connectivity index (χ1n) is 2.04. The van der Waals surface area contributed by atoms with Crippen LogP contribution in [0.2, 0.25) is 0 Å². The van der Waals surface area contributed by atoms with E-state index in [1.165, 1.54) is 0 Å². The van der Waals surface area contributed by atoms with Crippen molar-refractivity contribution in [2.75, 3.05) is 0 Å². The van der Waals surface area contributed by atoms with Crippen molar-refractivity contribution >= 4 is 0 Å². The largest absolute Gasteiger partial charge is 0 e. The number of hydrogen-bond donors (Lipinski definition) is 0. The summed E-state index contributed by atoms with van der Waals surface area (Å²) in [7, 11) is -16.8. The quantitative estimate of drug-likeness (QED) is 0.450. The molecule has 0 N–H and O–H groups in total. The van der Waals surface area contributed by atoms with Gasteiger partial charge in [0.1, 0.15) is 0 Å². The van der Waals surface area contributed by atoms with Gasteiger partial charge in [-0.2, -0.15) is 0 Å². The summed E-state index contributed by atoms with van der Waals surface area (Å²) in [5, 5.41) is 0. The van der Waals surface area contributed by atoms with E-state index in [0.29, 0.717) is 0 Å². The van der Waals surface area contributed by atoms with Gasteiger partial charge in [0.05, 0.1) is 0 Å². The minimum Gasteiger partial charge on any atom is 0 e. The number of rotatable bonds is 0. The Kier molecular flexibility index (Phi) is 3.05. The molecular formula is O10Ti5. The third kappa shape index (κ3) is 1160. The maximum atomic E-state index is 8.70. The topological polar surface area (TPSA) is 171 Å². The van der Waals surface area contributed by atoms with E-state index in [1.807, 2.05) is 0 Å². The summed E-state index contributed by atoms with van der Waals surface area (Å²) >= 11 is 0. The Morgan fingerprint density at radius 1 is 0.333 bits per heavy atom. The van der Waals surface area contributed by atoms with Gasteiger partial charge in [0.15, 0.2) is 0 Å². The van der Waals surface area contributed by atoms with Gasteiger partial charge in [-0.3, -0.25) is 0 Å². The summed E-state index contributed by atoms with van der Waals surface area (Å²) in [6.07, 6.45) is 0. The zero-order chi connectivity index (χ0) is 10.3. The van der Waals surface area contributed by atoms with Crippen molar-refractivity contribution in [3.8, 4) is 0 Å². The van der Waals surface area contributed by atoms with Gasteiger partial charge in [-0.1, -0.05) is 0 Å². The fourth-order valence-electron chi connectivity index (χ4n) is 0. The van der Waals surface area contributed by atoms with E-state index >= 15 is 0 Å². The maximum absolute atomic E-state index is 16.8. The van der Waals surface area contributed by atoms with Gasteiger partial charge in [-0.25, -0.2) is 0 Å². The predicted molar refractivity (Wildman–Crippen MR) is 6.86 cm³/mol. The first-order chi connectivity index (χ1) is 3.16. The Labute approximate surface area is 127 Å². The summed E-state index contributed by atoms with van der Waals surface area (Å²) in [5.41, 5.74) is 0. The first-order valence-corrected chi connectivity index (χ1v) is 8.42. The van der Waals surface area contributed by atoms with Crippen molar-refractivity contribution < 1.29 is 129 Å². The van der Waals surface area contributed by atoms with Crippen molar-refractivity contribution in [2.24, 2.45) is 0 Å². The molecule has 0 fully saturated rings. The van der Waals surface area contributed by atoms with E-state index in [4.69, 9.17) is 33.2 Å². The van der Waals surface area contributed by atoms with E-state index in [9.17, 15) is 0 Å². The van der Waals surface area contributed by atoms with Crippen LogP contribution < -0.4 is 0 Å². The van der Waals surface area contributed by atoms with Gasteiger partial charge < -0.3 is 0 Å². The third-order valence-corrected chi connectivity index (χ3v) is 0. The molecule has 80 valence electrons. The molecule has 0 saturated heterocycles. The second kappa shape index (κ2) is 1.52. The van der Waals surface area contributed by atoms with Crippen LogP contribution in [-0.2, 0) is 129 Å². The maximum Gasteiger partial charge on any atom is 0 e. The van der Waals surface area contributed by atoms with Gasteiger partial charge in [-0.05, 0) is 0 Å². The molecule has 10 nitrogen and oxygen atoms in total. The molecule has 0 aliphatic rings. The van der Waals surface area contributed by atoms with E-state index in [0.717, 1.165) is 0 Å².